The molecule has 0 saturated heterocycles. The minimum atomic E-state index is 0.309. The first-order chi connectivity index (χ1) is 10.4. The van der Waals surface area contributed by atoms with Gasteiger partial charge in [-0.2, -0.15) is 0 Å². The number of aliphatic imine (C=N–C) groups is 1. The molecule has 0 aromatic heterocycles. The van der Waals surface area contributed by atoms with Crippen LogP contribution in [0.15, 0.2) is 53.5 Å². The highest BCUT2D eigenvalue weighted by molar-refractivity contribution is 6.01. The van der Waals surface area contributed by atoms with E-state index < -0.39 is 0 Å². The summed E-state index contributed by atoms with van der Waals surface area (Å²) in [4.78, 5) is 4.80. The quantitative estimate of drug-likeness (QED) is 0.769. The van der Waals surface area contributed by atoms with Crippen molar-refractivity contribution in [3.8, 4) is 11.5 Å². The zero-order valence-corrected chi connectivity index (χ0v) is 12.2. The molecular weight excluding hydrogens is 262 g/mol. The molecule has 1 aliphatic heterocycles. The number of hydrogen-bond donors (Lipinski definition) is 0. The van der Waals surface area contributed by atoms with Gasteiger partial charge in [-0.3, -0.25) is 4.99 Å². The summed E-state index contributed by atoms with van der Waals surface area (Å²) < 4.78 is 10.8. The third-order valence-electron chi connectivity index (χ3n) is 3.49. The van der Waals surface area contributed by atoms with E-state index in [1.807, 2.05) is 30.3 Å². The van der Waals surface area contributed by atoms with E-state index in [0.717, 1.165) is 35.6 Å². The van der Waals surface area contributed by atoms with E-state index in [2.05, 4.69) is 25.1 Å². The Labute approximate surface area is 125 Å². The molecule has 0 amide bonds. The largest absolute Gasteiger partial charge is 0.454 e. The summed E-state index contributed by atoms with van der Waals surface area (Å²) in [6.45, 7) is 3.19. The Bertz CT molecular complexity index is 635. The van der Waals surface area contributed by atoms with E-state index in [-0.39, 0.29) is 0 Å². The highest BCUT2D eigenvalue weighted by Gasteiger charge is 2.14. The number of rotatable bonds is 5. The highest BCUT2D eigenvalue weighted by atomic mass is 16.7. The number of hydrogen-bond acceptors (Lipinski definition) is 3. The Morgan fingerprint density at radius 1 is 1.05 bits per heavy atom. The molecule has 2 aromatic rings. The summed E-state index contributed by atoms with van der Waals surface area (Å²) in [7, 11) is 0. The molecule has 2 aromatic carbocycles. The van der Waals surface area contributed by atoms with Gasteiger partial charge in [0.15, 0.2) is 11.5 Å². The summed E-state index contributed by atoms with van der Waals surface area (Å²) in [5.74, 6) is 1.63. The van der Waals surface area contributed by atoms with E-state index in [9.17, 15) is 0 Å². The van der Waals surface area contributed by atoms with Crippen molar-refractivity contribution in [2.45, 2.75) is 26.3 Å². The molecule has 3 heteroatoms. The average Bonchev–Trinajstić information content (AvgIpc) is 3.00. The molecule has 0 atom stereocenters. The molecule has 0 spiro atoms. The maximum absolute atomic E-state index is 5.45. The van der Waals surface area contributed by atoms with Crippen LogP contribution in [0.5, 0.6) is 11.5 Å². The van der Waals surface area contributed by atoms with E-state index in [1.165, 1.54) is 5.56 Å². The minimum absolute atomic E-state index is 0.309. The molecule has 0 N–H and O–H groups in total. The molecule has 0 radical (unpaired) electrons. The van der Waals surface area contributed by atoms with E-state index >= 15 is 0 Å². The lowest BCUT2D eigenvalue weighted by Gasteiger charge is -2.07. The number of ether oxygens (including phenoxy) is 2. The molecule has 0 unspecified atom stereocenters. The van der Waals surface area contributed by atoms with Crippen molar-refractivity contribution in [3.05, 3.63) is 59.7 Å². The summed E-state index contributed by atoms with van der Waals surface area (Å²) in [5, 5.41) is 0. The fourth-order valence-corrected chi connectivity index (χ4v) is 2.40. The van der Waals surface area contributed by atoms with Crippen molar-refractivity contribution >= 4 is 5.71 Å². The second-order valence-corrected chi connectivity index (χ2v) is 5.07. The van der Waals surface area contributed by atoms with Gasteiger partial charge in [-0.25, -0.2) is 0 Å². The summed E-state index contributed by atoms with van der Waals surface area (Å²) >= 11 is 0. The van der Waals surface area contributed by atoms with Gasteiger partial charge in [-0.1, -0.05) is 43.7 Å². The standard InChI is InChI=1S/C18H19NO2/c1-2-6-16(19-12-14-7-4-3-5-8-14)15-9-10-17-18(11-15)21-13-20-17/h3-5,7-11H,2,6,12-13H2,1H3. The molecule has 3 nitrogen and oxygen atoms in total. The molecule has 108 valence electrons. The Kier molecular flexibility index (Phi) is 4.20. The number of fused-ring (bicyclic) bond motifs is 1. The maximum atomic E-state index is 5.45. The minimum Gasteiger partial charge on any atom is -0.454 e. The molecule has 0 fully saturated rings. The lowest BCUT2D eigenvalue weighted by molar-refractivity contribution is 0.174. The Balaban J connectivity index is 1.83. The summed E-state index contributed by atoms with van der Waals surface area (Å²) in [6.07, 6.45) is 2.04. The predicted octanol–water partition coefficient (Wildman–Crippen LogP) is 4.20. The maximum Gasteiger partial charge on any atom is 0.231 e. The molecule has 1 heterocycles. The monoisotopic (exact) mass is 281 g/mol. The molecule has 0 bridgehead atoms. The molecule has 21 heavy (non-hydrogen) atoms. The lowest BCUT2D eigenvalue weighted by atomic mass is 10.0. The van der Waals surface area contributed by atoms with Gasteiger partial charge in [0, 0.05) is 5.71 Å². The smallest absolute Gasteiger partial charge is 0.231 e. The zero-order valence-electron chi connectivity index (χ0n) is 12.2. The molecule has 1 aliphatic rings. The number of nitrogens with zero attached hydrogens (tertiary/aromatic N) is 1. The van der Waals surface area contributed by atoms with Crippen LogP contribution in [0.1, 0.15) is 30.9 Å². The Hall–Kier alpha value is -2.29. The second-order valence-electron chi connectivity index (χ2n) is 5.07. The Morgan fingerprint density at radius 3 is 2.67 bits per heavy atom. The Morgan fingerprint density at radius 2 is 1.86 bits per heavy atom. The van der Waals surface area contributed by atoms with Gasteiger partial charge in [0.25, 0.3) is 0 Å². The van der Waals surface area contributed by atoms with Crippen LogP contribution in [0.3, 0.4) is 0 Å². The van der Waals surface area contributed by atoms with Crippen LogP contribution in [-0.2, 0) is 6.54 Å². The second kappa shape index (κ2) is 6.44. The molecule has 3 rings (SSSR count). The lowest BCUT2D eigenvalue weighted by Crippen LogP contribution is -2.01. The van der Waals surface area contributed by atoms with Gasteiger partial charge in [0.05, 0.1) is 6.54 Å². The summed E-state index contributed by atoms with van der Waals surface area (Å²) in [5.41, 5.74) is 3.48. The summed E-state index contributed by atoms with van der Waals surface area (Å²) in [6, 6.07) is 16.4. The molecule has 0 saturated carbocycles. The van der Waals surface area contributed by atoms with Crippen LogP contribution in [0.25, 0.3) is 0 Å². The van der Waals surface area contributed by atoms with E-state index in [1.54, 1.807) is 0 Å². The fourth-order valence-electron chi connectivity index (χ4n) is 2.40. The topological polar surface area (TPSA) is 30.8 Å². The van der Waals surface area contributed by atoms with E-state index in [0.29, 0.717) is 13.3 Å². The van der Waals surface area contributed by atoms with Gasteiger partial charge in [-0.05, 0) is 35.7 Å². The first-order valence-corrected chi connectivity index (χ1v) is 7.34. The van der Waals surface area contributed by atoms with Crippen LogP contribution < -0.4 is 9.47 Å². The van der Waals surface area contributed by atoms with Crippen LogP contribution in [0.4, 0.5) is 0 Å². The van der Waals surface area contributed by atoms with Gasteiger partial charge in [0.1, 0.15) is 0 Å². The number of benzene rings is 2. The van der Waals surface area contributed by atoms with Crippen molar-refractivity contribution < 1.29 is 9.47 Å². The van der Waals surface area contributed by atoms with Crippen molar-refractivity contribution in [1.82, 2.24) is 0 Å². The zero-order chi connectivity index (χ0) is 14.5. The third kappa shape index (κ3) is 3.24. The normalized spacial score (nSPS) is 13.5. The van der Waals surface area contributed by atoms with Crippen LogP contribution in [-0.4, -0.2) is 12.5 Å². The van der Waals surface area contributed by atoms with Gasteiger partial charge < -0.3 is 9.47 Å². The van der Waals surface area contributed by atoms with Crippen molar-refractivity contribution in [2.24, 2.45) is 4.99 Å². The van der Waals surface area contributed by atoms with Gasteiger partial charge in [0.2, 0.25) is 6.79 Å². The van der Waals surface area contributed by atoms with E-state index in [4.69, 9.17) is 14.5 Å². The molecule has 0 aliphatic carbocycles. The first-order valence-electron chi connectivity index (χ1n) is 7.34. The molecular formula is C18H19NO2. The van der Waals surface area contributed by atoms with Crippen molar-refractivity contribution in [1.29, 1.82) is 0 Å². The van der Waals surface area contributed by atoms with Crippen LogP contribution >= 0.6 is 0 Å². The SMILES string of the molecule is CCCC(=NCc1ccccc1)c1ccc2c(c1)OCO2. The van der Waals surface area contributed by atoms with Crippen molar-refractivity contribution in [3.63, 3.8) is 0 Å². The van der Waals surface area contributed by atoms with Crippen LogP contribution in [0.2, 0.25) is 0 Å². The third-order valence-corrected chi connectivity index (χ3v) is 3.49. The fraction of sp³-hybridized carbons (Fsp3) is 0.278. The van der Waals surface area contributed by atoms with Crippen molar-refractivity contribution in [2.75, 3.05) is 6.79 Å². The first kappa shape index (κ1) is 13.7. The van der Waals surface area contributed by atoms with Gasteiger partial charge in [-0.15, -0.1) is 0 Å². The highest BCUT2D eigenvalue weighted by Crippen LogP contribution is 2.33. The average molecular weight is 281 g/mol. The van der Waals surface area contributed by atoms with Gasteiger partial charge >= 0.3 is 0 Å². The predicted molar refractivity (Wildman–Crippen MR) is 84.2 cm³/mol. The van der Waals surface area contributed by atoms with Crippen LogP contribution in [0, 0.1) is 0 Å².